The molecule has 0 amide bonds. The van der Waals surface area contributed by atoms with Gasteiger partial charge in [0.25, 0.3) is 0 Å². The van der Waals surface area contributed by atoms with E-state index >= 15 is 0 Å². The molecule has 1 aliphatic rings. The van der Waals surface area contributed by atoms with Gasteiger partial charge in [0.2, 0.25) is 0 Å². The molecular weight excluding hydrogens is 284 g/mol. The number of aliphatic hydroxyl groups excluding tert-OH is 1. The summed E-state index contributed by atoms with van der Waals surface area (Å²) in [4.78, 5) is 16.5. The Morgan fingerprint density at radius 1 is 1.41 bits per heavy atom. The van der Waals surface area contributed by atoms with E-state index in [0.29, 0.717) is 18.3 Å². The molecule has 0 saturated carbocycles. The highest BCUT2D eigenvalue weighted by molar-refractivity contribution is 5.03. The zero-order chi connectivity index (χ0) is 15.5. The monoisotopic (exact) mass is 306 g/mol. The smallest absolute Gasteiger partial charge is 0.325 e. The molecule has 0 radical (unpaired) electrons. The molecule has 120 valence electrons. The lowest BCUT2D eigenvalue weighted by atomic mass is 9.97. The van der Waals surface area contributed by atoms with Gasteiger partial charge in [-0.05, 0) is 19.4 Å². The van der Waals surface area contributed by atoms with E-state index in [-0.39, 0.29) is 12.3 Å². The average molecular weight is 306 g/mol. The van der Waals surface area contributed by atoms with Gasteiger partial charge in [0.05, 0.1) is 0 Å². The van der Waals surface area contributed by atoms with Gasteiger partial charge in [0.15, 0.2) is 5.82 Å². The van der Waals surface area contributed by atoms with Crippen molar-refractivity contribution in [1.29, 1.82) is 0 Å². The summed E-state index contributed by atoms with van der Waals surface area (Å²) in [6.45, 7) is 3.40. The lowest BCUT2D eigenvalue weighted by Crippen LogP contribution is -2.38. The van der Waals surface area contributed by atoms with Gasteiger partial charge in [-0.15, -0.1) is 10.2 Å². The SMILES string of the molecule is Cn1c(CO)nnc1[C@@H]1CCCN(CCn2cc[nH]c2=O)C1. The first-order valence-electron chi connectivity index (χ1n) is 7.64. The average Bonchev–Trinajstić information content (AvgIpc) is 3.11. The topological polar surface area (TPSA) is 92.0 Å². The summed E-state index contributed by atoms with van der Waals surface area (Å²) in [5, 5.41) is 17.5. The lowest BCUT2D eigenvalue weighted by molar-refractivity contribution is 0.195. The number of aromatic amines is 1. The number of hydrogen-bond acceptors (Lipinski definition) is 5. The van der Waals surface area contributed by atoms with Crippen molar-refractivity contribution in [2.45, 2.75) is 31.9 Å². The second-order valence-corrected chi connectivity index (χ2v) is 5.79. The Morgan fingerprint density at radius 3 is 2.95 bits per heavy atom. The van der Waals surface area contributed by atoms with Crippen molar-refractivity contribution in [2.75, 3.05) is 19.6 Å². The van der Waals surface area contributed by atoms with E-state index in [9.17, 15) is 9.90 Å². The minimum atomic E-state index is -0.0870. The molecule has 2 N–H and O–H groups in total. The largest absolute Gasteiger partial charge is 0.388 e. The minimum Gasteiger partial charge on any atom is -0.388 e. The Balaban J connectivity index is 1.62. The van der Waals surface area contributed by atoms with Crippen LogP contribution in [0, 0.1) is 0 Å². The maximum absolute atomic E-state index is 11.5. The quantitative estimate of drug-likeness (QED) is 0.790. The fourth-order valence-corrected chi connectivity index (χ4v) is 3.11. The molecule has 0 aromatic carbocycles. The van der Waals surface area contributed by atoms with E-state index in [2.05, 4.69) is 20.1 Å². The first kappa shape index (κ1) is 15.0. The number of rotatable bonds is 5. The van der Waals surface area contributed by atoms with Crippen molar-refractivity contribution >= 4 is 0 Å². The van der Waals surface area contributed by atoms with Crippen molar-refractivity contribution in [1.82, 2.24) is 29.2 Å². The van der Waals surface area contributed by atoms with E-state index in [1.54, 1.807) is 17.0 Å². The van der Waals surface area contributed by atoms with Crippen LogP contribution in [0.2, 0.25) is 0 Å². The van der Waals surface area contributed by atoms with E-state index < -0.39 is 0 Å². The van der Waals surface area contributed by atoms with E-state index in [1.165, 1.54) is 0 Å². The second kappa shape index (κ2) is 6.45. The highest BCUT2D eigenvalue weighted by atomic mass is 16.3. The molecular formula is C14H22N6O2. The van der Waals surface area contributed by atoms with Crippen LogP contribution in [0.25, 0.3) is 0 Å². The molecule has 0 unspecified atom stereocenters. The third-order valence-corrected chi connectivity index (χ3v) is 4.39. The number of aromatic nitrogens is 5. The summed E-state index contributed by atoms with van der Waals surface area (Å²) in [7, 11) is 1.90. The highest BCUT2D eigenvalue weighted by Gasteiger charge is 2.25. The Hall–Kier alpha value is -1.93. The van der Waals surface area contributed by atoms with Gasteiger partial charge in [-0.3, -0.25) is 4.57 Å². The molecule has 2 aromatic heterocycles. The van der Waals surface area contributed by atoms with Crippen LogP contribution in [0.3, 0.4) is 0 Å². The van der Waals surface area contributed by atoms with Gasteiger partial charge in [0, 0.05) is 45.0 Å². The number of likely N-dealkylation sites (tertiary alicyclic amines) is 1. The first-order chi connectivity index (χ1) is 10.7. The summed E-state index contributed by atoms with van der Waals surface area (Å²) in [5.74, 6) is 1.87. The van der Waals surface area contributed by atoms with Crippen molar-refractivity contribution < 1.29 is 5.11 Å². The predicted molar refractivity (Wildman–Crippen MR) is 80.4 cm³/mol. The van der Waals surface area contributed by atoms with Crippen LogP contribution in [0.4, 0.5) is 0 Å². The maximum atomic E-state index is 11.5. The van der Waals surface area contributed by atoms with Crippen molar-refractivity contribution in [2.24, 2.45) is 7.05 Å². The summed E-state index contributed by atoms with van der Waals surface area (Å²) in [6, 6.07) is 0. The number of piperidine rings is 1. The van der Waals surface area contributed by atoms with Crippen molar-refractivity contribution in [3.63, 3.8) is 0 Å². The summed E-state index contributed by atoms with van der Waals surface area (Å²) in [6.07, 6.45) is 5.63. The van der Waals surface area contributed by atoms with Gasteiger partial charge in [-0.2, -0.15) is 0 Å². The number of hydrogen-bond donors (Lipinski definition) is 2. The molecule has 0 spiro atoms. The molecule has 0 bridgehead atoms. The summed E-state index contributed by atoms with van der Waals surface area (Å²) in [5.41, 5.74) is -0.0607. The van der Waals surface area contributed by atoms with Gasteiger partial charge in [-0.25, -0.2) is 4.79 Å². The molecule has 22 heavy (non-hydrogen) atoms. The van der Waals surface area contributed by atoms with E-state index in [4.69, 9.17) is 0 Å². The zero-order valence-electron chi connectivity index (χ0n) is 12.8. The number of nitrogens with one attached hydrogen (secondary N) is 1. The van der Waals surface area contributed by atoms with Crippen LogP contribution < -0.4 is 5.69 Å². The normalized spacial score (nSPS) is 19.6. The first-order valence-corrected chi connectivity index (χ1v) is 7.64. The molecule has 2 aromatic rings. The zero-order valence-corrected chi connectivity index (χ0v) is 12.8. The van der Waals surface area contributed by atoms with Gasteiger partial charge < -0.3 is 19.6 Å². The van der Waals surface area contributed by atoms with E-state index in [0.717, 1.165) is 38.3 Å². The molecule has 1 fully saturated rings. The number of aliphatic hydroxyl groups is 1. The number of imidazole rings is 1. The molecule has 1 atom stereocenters. The third kappa shape index (κ3) is 2.97. The fourth-order valence-electron chi connectivity index (χ4n) is 3.11. The third-order valence-electron chi connectivity index (χ3n) is 4.39. The second-order valence-electron chi connectivity index (χ2n) is 5.79. The standard InChI is InChI=1S/C14H22N6O2/c1-18-12(10-21)16-17-13(18)11-3-2-5-19(9-11)7-8-20-6-4-15-14(20)22/h4,6,11,21H,2-3,5,7-10H2,1H3,(H,15,22)/t11-/m1/s1. The Morgan fingerprint density at radius 2 is 2.27 bits per heavy atom. The highest BCUT2D eigenvalue weighted by Crippen LogP contribution is 2.25. The summed E-state index contributed by atoms with van der Waals surface area (Å²) < 4.78 is 3.58. The molecule has 8 heteroatoms. The van der Waals surface area contributed by atoms with Crippen molar-refractivity contribution in [3.05, 3.63) is 34.5 Å². The Kier molecular flexibility index (Phi) is 4.39. The molecule has 1 saturated heterocycles. The fraction of sp³-hybridized carbons (Fsp3) is 0.643. The molecule has 0 aliphatic carbocycles. The number of nitrogens with zero attached hydrogens (tertiary/aromatic N) is 5. The van der Waals surface area contributed by atoms with Gasteiger partial charge in [-0.1, -0.05) is 0 Å². The van der Waals surface area contributed by atoms with E-state index in [1.807, 2.05) is 11.6 Å². The Bertz CT molecular complexity index is 673. The van der Waals surface area contributed by atoms with Crippen LogP contribution in [0.1, 0.15) is 30.4 Å². The van der Waals surface area contributed by atoms with Crippen LogP contribution in [-0.2, 0) is 20.2 Å². The molecule has 3 heterocycles. The Labute approximate surface area is 128 Å². The van der Waals surface area contributed by atoms with Crippen LogP contribution in [0.15, 0.2) is 17.2 Å². The maximum Gasteiger partial charge on any atom is 0.325 e. The van der Waals surface area contributed by atoms with Gasteiger partial charge in [0.1, 0.15) is 12.4 Å². The molecule has 1 aliphatic heterocycles. The van der Waals surface area contributed by atoms with Gasteiger partial charge >= 0.3 is 5.69 Å². The minimum absolute atomic E-state index is 0.0607. The van der Waals surface area contributed by atoms with Crippen LogP contribution in [0.5, 0.6) is 0 Å². The molecule has 3 rings (SSSR count). The van der Waals surface area contributed by atoms with Crippen molar-refractivity contribution in [3.8, 4) is 0 Å². The predicted octanol–water partition coefficient (Wildman–Crippen LogP) is -0.323. The summed E-state index contributed by atoms with van der Waals surface area (Å²) >= 11 is 0. The van der Waals surface area contributed by atoms with Crippen LogP contribution in [-0.4, -0.2) is 54.0 Å². The van der Waals surface area contributed by atoms with Crippen LogP contribution >= 0.6 is 0 Å². The number of H-pyrrole nitrogens is 1. The molecule has 8 nitrogen and oxygen atoms in total. The lowest BCUT2D eigenvalue weighted by Gasteiger charge is -2.32.